The molecule has 0 amide bonds. The minimum atomic E-state index is -4.45. The summed E-state index contributed by atoms with van der Waals surface area (Å²) in [5, 5.41) is 7.29. The summed E-state index contributed by atoms with van der Waals surface area (Å²) in [5.74, 6) is 0.533. The van der Waals surface area contributed by atoms with Crippen molar-refractivity contribution >= 4 is 41.3 Å². The van der Waals surface area contributed by atoms with E-state index in [1.165, 1.54) is 19.2 Å². The van der Waals surface area contributed by atoms with Gasteiger partial charge in [0.1, 0.15) is 5.75 Å². The van der Waals surface area contributed by atoms with Gasteiger partial charge in [0.25, 0.3) is 0 Å². The molecule has 0 unspecified atom stereocenters. The predicted molar refractivity (Wildman–Crippen MR) is 112 cm³/mol. The third kappa shape index (κ3) is 9.36. The van der Waals surface area contributed by atoms with Gasteiger partial charge in [0.15, 0.2) is 18.3 Å². The number of aliphatic imine (C=N–C) groups is 1. The van der Waals surface area contributed by atoms with Gasteiger partial charge in [0, 0.05) is 31.9 Å². The van der Waals surface area contributed by atoms with E-state index in [-0.39, 0.29) is 29.7 Å². The molecule has 0 fully saturated rings. The van der Waals surface area contributed by atoms with Crippen molar-refractivity contribution in [1.29, 1.82) is 0 Å². The van der Waals surface area contributed by atoms with Crippen LogP contribution in [0.5, 0.6) is 5.75 Å². The molecular formula is C17H19F6IN4OS. The molecule has 0 radical (unpaired) electrons. The van der Waals surface area contributed by atoms with Crippen LogP contribution in [0.4, 0.5) is 26.3 Å². The van der Waals surface area contributed by atoms with Gasteiger partial charge >= 0.3 is 12.4 Å². The number of nitrogens with one attached hydrogen (secondary N) is 2. The van der Waals surface area contributed by atoms with E-state index in [9.17, 15) is 26.3 Å². The van der Waals surface area contributed by atoms with Gasteiger partial charge in [0.2, 0.25) is 0 Å². The van der Waals surface area contributed by atoms with E-state index in [0.29, 0.717) is 30.5 Å². The number of halogens is 7. The molecule has 0 spiro atoms. The molecule has 0 aliphatic carbocycles. The molecule has 2 N–H and O–H groups in total. The number of hydrogen-bond donors (Lipinski definition) is 2. The Morgan fingerprint density at radius 1 is 1.10 bits per heavy atom. The fourth-order valence-electron chi connectivity index (χ4n) is 2.12. The van der Waals surface area contributed by atoms with Crippen molar-refractivity contribution in [2.24, 2.45) is 4.99 Å². The lowest BCUT2D eigenvalue weighted by Gasteiger charge is -2.12. The summed E-state index contributed by atoms with van der Waals surface area (Å²) < 4.78 is 78.6. The van der Waals surface area contributed by atoms with Crippen LogP contribution in [-0.2, 0) is 19.1 Å². The van der Waals surface area contributed by atoms with Crippen molar-refractivity contribution in [3.05, 3.63) is 45.9 Å². The van der Waals surface area contributed by atoms with Crippen LogP contribution in [-0.4, -0.2) is 37.3 Å². The quantitative estimate of drug-likeness (QED) is 0.222. The number of thiazole rings is 1. The number of rotatable bonds is 7. The lowest BCUT2D eigenvalue weighted by molar-refractivity contribution is -0.153. The summed E-state index contributed by atoms with van der Waals surface area (Å²) in [6.45, 7) is -0.686. The molecule has 2 rings (SSSR count). The molecule has 13 heteroatoms. The number of nitrogens with zero attached hydrogens (tertiary/aromatic N) is 2. The van der Waals surface area contributed by atoms with Crippen molar-refractivity contribution in [2.75, 3.05) is 20.2 Å². The number of ether oxygens (including phenoxy) is 1. The van der Waals surface area contributed by atoms with Crippen molar-refractivity contribution in [2.45, 2.75) is 25.3 Å². The zero-order valence-corrected chi connectivity index (χ0v) is 18.7. The number of alkyl halides is 6. The molecule has 1 aromatic heterocycles. The molecule has 0 saturated carbocycles. The second-order valence-corrected chi connectivity index (χ2v) is 6.72. The average molecular weight is 568 g/mol. The fourth-order valence-corrected chi connectivity index (χ4v) is 2.92. The molecule has 30 heavy (non-hydrogen) atoms. The lowest BCUT2D eigenvalue weighted by atomic mass is 10.2. The molecule has 2 aromatic rings. The number of benzene rings is 1. The van der Waals surface area contributed by atoms with Crippen molar-refractivity contribution in [3.63, 3.8) is 0 Å². The highest BCUT2D eigenvalue weighted by Gasteiger charge is 2.33. The molecule has 0 aliphatic rings. The highest BCUT2D eigenvalue weighted by atomic mass is 127. The van der Waals surface area contributed by atoms with Gasteiger partial charge in [-0.05, 0) is 17.7 Å². The maximum absolute atomic E-state index is 12.5. The minimum absolute atomic E-state index is 0. The first-order chi connectivity index (χ1) is 13.6. The molecule has 0 atom stereocenters. The topological polar surface area (TPSA) is 58.5 Å². The predicted octanol–water partition coefficient (Wildman–Crippen LogP) is 4.63. The smallest absolute Gasteiger partial charge is 0.434 e. The Bertz CT molecular complexity index is 808. The van der Waals surface area contributed by atoms with E-state index in [1.807, 2.05) is 0 Å². The summed E-state index contributed by atoms with van der Waals surface area (Å²) in [5.41, 5.74) is -0.121. The fraction of sp³-hybridized carbons (Fsp3) is 0.412. The third-order valence-electron chi connectivity index (χ3n) is 3.48. The van der Waals surface area contributed by atoms with Crippen LogP contribution in [0, 0.1) is 0 Å². The molecule has 0 bridgehead atoms. The maximum atomic E-state index is 12.5. The van der Waals surface area contributed by atoms with E-state index in [4.69, 9.17) is 0 Å². The summed E-state index contributed by atoms with van der Waals surface area (Å²) >= 11 is 0.939. The molecule has 5 nitrogen and oxygen atoms in total. The first-order valence-electron chi connectivity index (χ1n) is 8.31. The number of hydrogen-bond acceptors (Lipinski definition) is 4. The van der Waals surface area contributed by atoms with Crippen molar-refractivity contribution in [3.8, 4) is 5.75 Å². The van der Waals surface area contributed by atoms with Gasteiger partial charge in [-0.2, -0.15) is 26.3 Å². The zero-order chi connectivity index (χ0) is 21.5. The molecule has 1 heterocycles. The largest absolute Gasteiger partial charge is 0.484 e. The van der Waals surface area contributed by atoms with Crippen LogP contribution in [0.15, 0.2) is 34.6 Å². The summed E-state index contributed by atoms with van der Waals surface area (Å²) in [4.78, 5) is 7.55. The van der Waals surface area contributed by atoms with Gasteiger partial charge in [-0.3, -0.25) is 4.99 Å². The maximum Gasteiger partial charge on any atom is 0.434 e. The van der Waals surface area contributed by atoms with Crippen LogP contribution >= 0.6 is 35.3 Å². The van der Waals surface area contributed by atoms with E-state index >= 15 is 0 Å². The Kier molecular flexibility index (Phi) is 10.1. The Morgan fingerprint density at radius 2 is 1.77 bits per heavy atom. The first kappa shape index (κ1) is 26.3. The second kappa shape index (κ2) is 11.6. The number of guanidine groups is 1. The van der Waals surface area contributed by atoms with Crippen molar-refractivity contribution in [1.82, 2.24) is 15.6 Å². The van der Waals surface area contributed by atoms with Crippen LogP contribution in [0.25, 0.3) is 0 Å². The van der Waals surface area contributed by atoms with E-state index < -0.39 is 24.7 Å². The van der Waals surface area contributed by atoms with Crippen molar-refractivity contribution < 1.29 is 31.1 Å². The standard InChI is InChI=1S/C17H18F6N4OS.HI/c1-24-15(25-7-6-14-27-13(9-29-14)17(21,22)23)26-8-11-2-4-12(5-3-11)28-10-16(18,19)20;/h2-5,9H,6-8,10H2,1H3,(H2,24,25,26);1H. The van der Waals surface area contributed by atoms with Gasteiger partial charge in [-0.1, -0.05) is 12.1 Å². The Morgan fingerprint density at radius 3 is 2.30 bits per heavy atom. The van der Waals surface area contributed by atoms with Crippen LogP contribution in [0.2, 0.25) is 0 Å². The van der Waals surface area contributed by atoms with E-state index in [1.54, 1.807) is 12.1 Å². The van der Waals surface area contributed by atoms with Gasteiger partial charge < -0.3 is 15.4 Å². The molecule has 0 aliphatic heterocycles. The van der Waals surface area contributed by atoms with Gasteiger partial charge in [0.05, 0.1) is 5.01 Å². The normalized spacial score (nSPS) is 12.3. The average Bonchev–Trinajstić information content (AvgIpc) is 3.12. The SMILES string of the molecule is CN=C(NCCc1nc(C(F)(F)F)cs1)NCc1ccc(OCC(F)(F)F)cc1.I. The molecule has 1 aromatic carbocycles. The zero-order valence-electron chi connectivity index (χ0n) is 15.6. The summed E-state index contributed by atoms with van der Waals surface area (Å²) in [6.07, 6.45) is -8.55. The lowest BCUT2D eigenvalue weighted by Crippen LogP contribution is -2.37. The highest BCUT2D eigenvalue weighted by Crippen LogP contribution is 2.30. The van der Waals surface area contributed by atoms with E-state index in [0.717, 1.165) is 22.3 Å². The second-order valence-electron chi connectivity index (χ2n) is 5.77. The minimum Gasteiger partial charge on any atom is -0.484 e. The molecule has 0 saturated heterocycles. The van der Waals surface area contributed by atoms with Gasteiger partial charge in [-0.25, -0.2) is 4.98 Å². The molecular weight excluding hydrogens is 549 g/mol. The van der Waals surface area contributed by atoms with Crippen LogP contribution in [0.1, 0.15) is 16.3 Å². The van der Waals surface area contributed by atoms with E-state index in [2.05, 4.69) is 25.3 Å². The summed E-state index contributed by atoms with van der Waals surface area (Å²) in [7, 11) is 1.54. The number of aromatic nitrogens is 1. The summed E-state index contributed by atoms with van der Waals surface area (Å²) in [6, 6.07) is 6.08. The Labute approximate surface area is 190 Å². The monoisotopic (exact) mass is 568 g/mol. The van der Waals surface area contributed by atoms with Crippen LogP contribution < -0.4 is 15.4 Å². The Hall–Kier alpha value is -1.77. The van der Waals surface area contributed by atoms with Gasteiger partial charge in [-0.15, -0.1) is 35.3 Å². The Balaban J connectivity index is 0.00000450. The third-order valence-corrected chi connectivity index (χ3v) is 4.39. The highest BCUT2D eigenvalue weighted by molar-refractivity contribution is 14.0. The molecule has 168 valence electrons. The first-order valence-corrected chi connectivity index (χ1v) is 9.19. The van der Waals surface area contributed by atoms with Crippen LogP contribution in [0.3, 0.4) is 0 Å².